The second-order valence-corrected chi connectivity index (χ2v) is 6.46. The van der Waals surface area contributed by atoms with E-state index < -0.39 is 0 Å². The van der Waals surface area contributed by atoms with Crippen LogP contribution in [0.4, 0.5) is 5.95 Å². The van der Waals surface area contributed by atoms with Crippen LogP contribution in [0.1, 0.15) is 26.2 Å². The van der Waals surface area contributed by atoms with E-state index in [9.17, 15) is 0 Å². The predicted molar refractivity (Wildman–Crippen MR) is 80.6 cm³/mol. The second kappa shape index (κ2) is 5.66. The quantitative estimate of drug-likeness (QED) is 0.895. The fourth-order valence-electron chi connectivity index (χ4n) is 3.53. The molecule has 0 aromatic carbocycles. The van der Waals surface area contributed by atoms with Crippen LogP contribution in [-0.2, 0) is 0 Å². The fourth-order valence-corrected chi connectivity index (χ4v) is 3.53. The van der Waals surface area contributed by atoms with Gasteiger partial charge >= 0.3 is 0 Å². The van der Waals surface area contributed by atoms with E-state index in [1.165, 1.54) is 19.3 Å². The van der Waals surface area contributed by atoms with Gasteiger partial charge in [-0.3, -0.25) is 4.90 Å². The normalized spacial score (nSPS) is 31.7. The monoisotopic (exact) mass is 275 g/mol. The number of nitrogens with two attached hydrogens (primary N) is 1. The SMILES string of the molecule is CC1(CN2CCN(c3ncccn3)CC2)CCCC1N. The van der Waals surface area contributed by atoms with Crippen LogP contribution in [0.5, 0.6) is 0 Å². The number of anilines is 1. The van der Waals surface area contributed by atoms with Gasteiger partial charge in [-0.2, -0.15) is 0 Å². The minimum atomic E-state index is 0.311. The third-order valence-corrected chi connectivity index (χ3v) is 4.95. The number of piperazine rings is 1. The topological polar surface area (TPSA) is 58.3 Å². The van der Waals surface area contributed by atoms with E-state index in [-0.39, 0.29) is 0 Å². The summed E-state index contributed by atoms with van der Waals surface area (Å²) in [4.78, 5) is 13.5. The van der Waals surface area contributed by atoms with Gasteiger partial charge in [0.15, 0.2) is 0 Å². The zero-order valence-corrected chi connectivity index (χ0v) is 12.3. The van der Waals surface area contributed by atoms with Gasteiger partial charge in [0.1, 0.15) is 0 Å². The second-order valence-electron chi connectivity index (χ2n) is 6.46. The summed E-state index contributed by atoms with van der Waals surface area (Å²) in [6, 6.07) is 2.24. The van der Waals surface area contributed by atoms with Crippen molar-refractivity contribution in [2.75, 3.05) is 37.6 Å². The number of rotatable bonds is 3. The van der Waals surface area contributed by atoms with Gasteiger partial charge in [0.05, 0.1) is 0 Å². The van der Waals surface area contributed by atoms with E-state index in [0.29, 0.717) is 11.5 Å². The molecule has 2 heterocycles. The lowest BCUT2D eigenvalue weighted by atomic mass is 9.84. The molecule has 0 radical (unpaired) electrons. The van der Waals surface area contributed by atoms with Gasteiger partial charge in [-0.05, 0) is 24.3 Å². The summed E-state index contributed by atoms with van der Waals surface area (Å²) in [6.45, 7) is 7.68. The van der Waals surface area contributed by atoms with Crippen molar-refractivity contribution in [1.82, 2.24) is 14.9 Å². The van der Waals surface area contributed by atoms with Crippen molar-refractivity contribution in [3.8, 4) is 0 Å². The van der Waals surface area contributed by atoms with Gasteiger partial charge in [-0.15, -0.1) is 0 Å². The zero-order valence-electron chi connectivity index (χ0n) is 12.3. The van der Waals surface area contributed by atoms with Crippen molar-refractivity contribution in [2.45, 2.75) is 32.2 Å². The number of aromatic nitrogens is 2. The van der Waals surface area contributed by atoms with E-state index in [4.69, 9.17) is 5.73 Å². The molecule has 2 fully saturated rings. The van der Waals surface area contributed by atoms with Crippen molar-refractivity contribution < 1.29 is 0 Å². The summed E-state index contributed by atoms with van der Waals surface area (Å²) in [5, 5.41) is 0. The van der Waals surface area contributed by atoms with Gasteiger partial charge in [-0.1, -0.05) is 13.3 Å². The molecule has 20 heavy (non-hydrogen) atoms. The maximum absolute atomic E-state index is 6.29. The average Bonchev–Trinajstić information content (AvgIpc) is 2.80. The summed E-state index contributed by atoms with van der Waals surface area (Å²) >= 11 is 0. The van der Waals surface area contributed by atoms with Crippen LogP contribution in [0, 0.1) is 5.41 Å². The Morgan fingerprint density at radius 2 is 1.95 bits per heavy atom. The lowest BCUT2D eigenvalue weighted by Gasteiger charge is -2.40. The Labute approximate surface area is 121 Å². The Morgan fingerprint density at radius 3 is 2.55 bits per heavy atom. The summed E-state index contributed by atoms with van der Waals surface area (Å²) in [6.07, 6.45) is 7.38. The first-order valence-electron chi connectivity index (χ1n) is 7.67. The van der Waals surface area contributed by atoms with E-state index in [0.717, 1.165) is 38.7 Å². The smallest absolute Gasteiger partial charge is 0.225 e. The van der Waals surface area contributed by atoms with E-state index in [1.54, 1.807) is 0 Å². The highest BCUT2D eigenvalue weighted by Gasteiger charge is 2.38. The highest BCUT2D eigenvalue weighted by Crippen LogP contribution is 2.37. The molecular formula is C15H25N5. The maximum Gasteiger partial charge on any atom is 0.225 e. The molecule has 0 bridgehead atoms. The molecule has 1 aromatic heterocycles. The first-order chi connectivity index (χ1) is 9.67. The third-order valence-electron chi connectivity index (χ3n) is 4.95. The van der Waals surface area contributed by atoms with Gasteiger partial charge < -0.3 is 10.6 Å². The molecule has 1 saturated carbocycles. The van der Waals surface area contributed by atoms with Crippen LogP contribution in [0.25, 0.3) is 0 Å². The molecule has 1 aromatic rings. The lowest BCUT2D eigenvalue weighted by molar-refractivity contribution is 0.146. The number of hydrogen-bond acceptors (Lipinski definition) is 5. The summed E-state index contributed by atoms with van der Waals surface area (Å²) in [5.74, 6) is 0.857. The molecule has 1 saturated heterocycles. The minimum absolute atomic E-state index is 0.311. The van der Waals surface area contributed by atoms with Crippen LogP contribution in [0.2, 0.25) is 0 Å². The molecule has 5 heteroatoms. The van der Waals surface area contributed by atoms with Gasteiger partial charge in [0, 0.05) is 51.2 Å². The van der Waals surface area contributed by atoms with Crippen LogP contribution in [0.3, 0.4) is 0 Å². The molecule has 1 aliphatic heterocycles. The first-order valence-corrected chi connectivity index (χ1v) is 7.67. The van der Waals surface area contributed by atoms with Crippen LogP contribution >= 0.6 is 0 Å². The number of nitrogens with zero attached hydrogens (tertiary/aromatic N) is 4. The van der Waals surface area contributed by atoms with Gasteiger partial charge in [0.2, 0.25) is 5.95 Å². The van der Waals surface area contributed by atoms with Gasteiger partial charge in [0.25, 0.3) is 0 Å². The Hall–Kier alpha value is -1.20. The molecule has 2 aliphatic rings. The fraction of sp³-hybridized carbons (Fsp3) is 0.733. The zero-order chi connectivity index (χ0) is 14.0. The Kier molecular flexibility index (Phi) is 3.89. The molecule has 110 valence electrons. The predicted octanol–water partition coefficient (Wildman–Crippen LogP) is 1.12. The summed E-state index contributed by atoms with van der Waals surface area (Å²) < 4.78 is 0. The van der Waals surface area contributed by atoms with Crippen molar-refractivity contribution in [3.05, 3.63) is 18.5 Å². The molecule has 0 amide bonds. The highest BCUT2D eigenvalue weighted by atomic mass is 15.3. The molecular weight excluding hydrogens is 250 g/mol. The highest BCUT2D eigenvalue weighted by molar-refractivity contribution is 5.29. The molecule has 2 atom stereocenters. The molecule has 2 N–H and O–H groups in total. The van der Waals surface area contributed by atoms with Crippen molar-refractivity contribution in [3.63, 3.8) is 0 Å². The number of hydrogen-bond donors (Lipinski definition) is 1. The lowest BCUT2D eigenvalue weighted by Crippen LogP contribution is -2.52. The Bertz CT molecular complexity index is 429. The molecule has 0 spiro atoms. The van der Waals surface area contributed by atoms with Crippen molar-refractivity contribution in [2.24, 2.45) is 11.1 Å². The molecule has 2 unspecified atom stereocenters. The Morgan fingerprint density at radius 1 is 1.25 bits per heavy atom. The average molecular weight is 275 g/mol. The summed E-state index contributed by atoms with van der Waals surface area (Å²) in [7, 11) is 0. The van der Waals surface area contributed by atoms with E-state index in [1.807, 2.05) is 18.5 Å². The third kappa shape index (κ3) is 2.79. The first kappa shape index (κ1) is 13.8. The Balaban J connectivity index is 1.54. The van der Waals surface area contributed by atoms with Gasteiger partial charge in [-0.25, -0.2) is 9.97 Å². The van der Waals surface area contributed by atoms with Crippen LogP contribution < -0.4 is 10.6 Å². The molecule has 3 rings (SSSR count). The minimum Gasteiger partial charge on any atom is -0.338 e. The van der Waals surface area contributed by atoms with E-state index in [2.05, 4.69) is 26.7 Å². The maximum atomic E-state index is 6.29. The molecule has 1 aliphatic carbocycles. The van der Waals surface area contributed by atoms with Crippen molar-refractivity contribution in [1.29, 1.82) is 0 Å². The van der Waals surface area contributed by atoms with E-state index >= 15 is 0 Å². The standard InChI is InChI=1S/C15H25N5/c1-15(5-2-4-13(15)16)12-19-8-10-20(11-9-19)14-17-6-3-7-18-14/h3,6-7,13H,2,4-5,8-12,16H2,1H3. The molecule has 5 nitrogen and oxygen atoms in total. The summed E-state index contributed by atoms with van der Waals surface area (Å²) in [5.41, 5.74) is 6.60. The van der Waals surface area contributed by atoms with Crippen molar-refractivity contribution >= 4 is 5.95 Å². The largest absolute Gasteiger partial charge is 0.338 e. The van der Waals surface area contributed by atoms with Crippen LogP contribution in [-0.4, -0.2) is 53.6 Å². The van der Waals surface area contributed by atoms with Crippen LogP contribution in [0.15, 0.2) is 18.5 Å².